The molecular weight excluding hydrogens is 280 g/mol. The molecule has 4 atom stereocenters. The molecule has 1 saturated carbocycles. The second kappa shape index (κ2) is 4.66. The Morgan fingerprint density at radius 1 is 1.32 bits per heavy atom. The average Bonchev–Trinajstić information content (AvgIpc) is 2.83. The van der Waals surface area contributed by atoms with Crippen molar-refractivity contribution in [1.29, 1.82) is 0 Å². The molecule has 2 aliphatic carbocycles. The Bertz CT molecular complexity index is 665. The van der Waals surface area contributed by atoms with Crippen LogP contribution in [0.4, 0.5) is 0 Å². The quantitative estimate of drug-likeness (QED) is 0.800. The Balaban J connectivity index is 1.76. The molecule has 1 aliphatic heterocycles. The molecule has 0 N–H and O–H groups in total. The smallest absolute Gasteiger partial charge is 0.163 e. The van der Waals surface area contributed by atoms with Gasteiger partial charge in [-0.2, -0.15) is 0 Å². The molecule has 1 saturated heterocycles. The zero-order valence-corrected chi connectivity index (χ0v) is 12.9. The Kier molecular flexibility index (Phi) is 2.95. The lowest BCUT2D eigenvalue weighted by molar-refractivity contribution is -0.152. The van der Waals surface area contributed by atoms with Crippen LogP contribution >= 0.6 is 0 Å². The van der Waals surface area contributed by atoms with Crippen molar-refractivity contribution in [3.8, 4) is 5.75 Å². The van der Waals surface area contributed by atoms with Gasteiger partial charge in [0.2, 0.25) is 0 Å². The van der Waals surface area contributed by atoms with Crippen LogP contribution in [-0.4, -0.2) is 25.3 Å². The summed E-state index contributed by atoms with van der Waals surface area (Å²) in [6.07, 6.45) is 1.91. The number of benzene rings is 1. The Morgan fingerprint density at radius 3 is 2.91 bits per heavy atom. The second-order valence-electron chi connectivity index (χ2n) is 6.96. The van der Waals surface area contributed by atoms with Gasteiger partial charge in [-0.05, 0) is 30.0 Å². The number of carbonyl (C=O) groups excluding carboxylic acids is 2. The first-order valence-corrected chi connectivity index (χ1v) is 7.90. The normalized spacial score (nSPS) is 36.5. The van der Waals surface area contributed by atoms with Crippen molar-refractivity contribution in [2.75, 3.05) is 13.7 Å². The van der Waals surface area contributed by atoms with Crippen molar-refractivity contribution in [2.24, 2.45) is 17.3 Å². The minimum absolute atomic E-state index is 0.0671. The third-order valence-electron chi connectivity index (χ3n) is 5.89. The summed E-state index contributed by atoms with van der Waals surface area (Å²) in [5.74, 6) is 1.52. The van der Waals surface area contributed by atoms with Crippen LogP contribution in [0.25, 0.3) is 0 Å². The van der Waals surface area contributed by atoms with Crippen LogP contribution in [0.5, 0.6) is 5.75 Å². The molecule has 1 aromatic carbocycles. The molecule has 0 spiro atoms. The number of carbonyl (C=O) groups is 2. The highest BCUT2D eigenvalue weighted by Gasteiger charge is 2.56. The average molecular weight is 300 g/mol. The van der Waals surface area contributed by atoms with Gasteiger partial charge in [0.25, 0.3) is 0 Å². The molecule has 4 nitrogen and oxygen atoms in total. The van der Waals surface area contributed by atoms with Crippen molar-refractivity contribution >= 4 is 11.6 Å². The van der Waals surface area contributed by atoms with E-state index in [1.54, 1.807) is 7.11 Å². The molecule has 2 fully saturated rings. The molecule has 4 rings (SSSR count). The Labute approximate surface area is 129 Å². The van der Waals surface area contributed by atoms with E-state index in [0.717, 1.165) is 12.0 Å². The van der Waals surface area contributed by atoms with Gasteiger partial charge in [-0.3, -0.25) is 9.59 Å². The molecule has 4 heteroatoms. The van der Waals surface area contributed by atoms with Gasteiger partial charge >= 0.3 is 0 Å². The molecule has 0 radical (unpaired) electrons. The number of fused-ring (bicyclic) bond motifs is 5. The topological polar surface area (TPSA) is 52.6 Å². The van der Waals surface area contributed by atoms with Crippen molar-refractivity contribution in [3.05, 3.63) is 29.3 Å². The third-order valence-corrected chi connectivity index (χ3v) is 5.89. The molecule has 1 aromatic rings. The summed E-state index contributed by atoms with van der Waals surface area (Å²) in [4.78, 5) is 24.8. The van der Waals surface area contributed by atoms with Gasteiger partial charge in [-0.1, -0.05) is 13.0 Å². The fraction of sp³-hybridized carbons (Fsp3) is 0.556. The van der Waals surface area contributed by atoms with Crippen molar-refractivity contribution in [2.45, 2.75) is 32.3 Å². The Morgan fingerprint density at radius 2 is 2.14 bits per heavy atom. The largest absolute Gasteiger partial charge is 0.497 e. The standard InChI is InChI=1S/C18H20O4/c1-18-9-22-17-11-4-3-10(21-2)7-12(11)15(19)8-13(17)14(18)5-6-16(18)20/h3-4,7,13-14,17H,5-6,8-9H2,1-2H3/t13?,14-,17+,18-/m0/s1. The summed E-state index contributed by atoms with van der Waals surface area (Å²) < 4.78 is 11.3. The van der Waals surface area contributed by atoms with E-state index in [4.69, 9.17) is 9.47 Å². The number of hydrogen-bond donors (Lipinski definition) is 0. The fourth-order valence-electron chi connectivity index (χ4n) is 4.61. The van der Waals surface area contributed by atoms with E-state index in [0.29, 0.717) is 36.5 Å². The lowest BCUT2D eigenvalue weighted by Crippen LogP contribution is -2.47. The second-order valence-corrected chi connectivity index (χ2v) is 6.96. The van der Waals surface area contributed by atoms with Gasteiger partial charge in [-0.15, -0.1) is 0 Å². The lowest BCUT2D eigenvalue weighted by atomic mass is 9.64. The van der Waals surface area contributed by atoms with E-state index in [1.807, 2.05) is 25.1 Å². The van der Waals surface area contributed by atoms with Crippen LogP contribution in [0.1, 0.15) is 48.2 Å². The molecule has 1 unspecified atom stereocenters. The predicted molar refractivity (Wildman–Crippen MR) is 80.0 cm³/mol. The Hall–Kier alpha value is -1.68. The summed E-state index contributed by atoms with van der Waals surface area (Å²) in [5, 5.41) is 0. The molecule has 1 heterocycles. The molecular formula is C18H20O4. The van der Waals surface area contributed by atoms with Gasteiger partial charge in [0, 0.05) is 24.3 Å². The maximum Gasteiger partial charge on any atom is 0.163 e. The highest BCUT2D eigenvalue weighted by Crippen LogP contribution is 2.56. The van der Waals surface area contributed by atoms with Crippen LogP contribution in [-0.2, 0) is 9.53 Å². The lowest BCUT2D eigenvalue weighted by Gasteiger charge is -2.47. The first kappa shape index (κ1) is 13.9. The number of Topliss-reactive ketones (excluding diaryl/α,β-unsaturated/α-hetero) is 2. The minimum Gasteiger partial charge on any atom is -0.497 e. The molecule has 0 bridgehead atoms. The van der Waals surface area contributed by atoms with E-state index < -0.39 is 5.41 Å². The maximum absolute atomic E-state index is 12.6. The van der Waals surface area contributed by atoms with Crippen molar-refractivity contribution in [3.63, 3.8) is 0 Å². The highest BCUT2D eigenvalue weighted by atomic mass is 16.5. The summed E-state index contributed by atoms with van der Waals surface area (Å²) in [6, 6.07) is 5.64. The van der Waals surface area contributed by atoms with Gasteiger partial charge in [0.05, 0.1) is 25.2 Å². The van der Waals surface area contributed by atoms with Gasteiger partial charge < -0.3 is 9.47 Å². The number of ether oxygens (including phenoxy) is 2. The maximum atomic E-state index is 12.6. The summed E-state index contributed by atoms with van der Waals surface area (Å²) in [7, 11) is 1.60. The van der Waals surface area contributed by atoms with E-state index >= 15 is 0 Å². The number of rotatable bonds is 1. The molecule has 22 heavy (non-hydrogen) atoms. The summed E-state index contributed by atoms with van der Waals surface area (Å²) >= 11 is 0. The molecule has 0 aromatic heterocycles. The molecule has 0 amide bonds. The van der Waals surface area contributed by atoms with E-state index in [2.05, 4.69) is 0 Å². The first-order chi connectivity index (χ1) is 10.5. The SMILES string of the molecule is COc1ccc2c(c1)C(=O)CC1[C@@H]2OC[C@]2(C)C(=O)CC[C@@H]12. The van der Waals surface area contributed by atoms with Crippen LogP contribution in [0.2, 0.25) is 0 Å². The highest BCUT2D eigenvalue weighted by molar-refractivity contribution is 5.99. The number of ketones is 2. The predicted octanol–water partition coefficient (Wildman–Crippen LogP) is 2.95. The van der Waals surface area contributed by atoms with Gasteiger partial charge in [-0.25, -0.2) is 0 Å². The fourth-order valence-corrected chi connectivity index (χ4v) is 4.61. The zero-order chi connectivity index (χ0) is 15.5. The van der Waals surface area contributed by atoms with Gasteiger partial charge in [0.15, 0.2) is 5.78 Å². The van der Waals surface area contributed by atoms with Crippen LogP contribution in [0, 0.1) is 17.3 Å². The van der Waals surface area contributed by atoms with Crippen molar-refractivity contribution < 1.29 is 19.1 Å². The van der Waals surface area contributed by atoms with Gasteiger partial charge in [0.1, 0.15) is 11.5 Å². The summed E-state index contributed by atoms with van der Waals surface area (Å²) in [5.41, 5.74) is 1.28. The zero-order valence-electron chi connectivity index (χ0n) is 12.9. The number of hydrogen-bond acceptors (Lipinski definition) is 4. The number of methoxy groups -OCH3 is 1. The van der Waals surface area contributed by atoms with E-state index in [9.17, 15) is 9.59 Å². The van der Waals surface area contributed by atoms with Crippen LogP contribution in [0.3, 0.4) is 0 Å². The molecule has 3 aliphatic rings. The third kappa shape index (κ3) is 1.73. The summed E-state index contributed by atoms with van der Waals surface area (Å²) in [6.45, 7) is 2.48. The van der Waals surface area contributed by atoms with Crippen LogP contribution < -0.4 is 4.74 Å². The minimum atomic E-state index is -0.397. The van der Waals surface area contributed by atoms with E-state index in [1.165, 1.54) is 0 Å². The van der Waals surface area contributed by atoms with Crippen LogP contribution in [0.15, 0.2) is 18.2 Å². The molecule has 116 valence electrons. The van der Waals surface area contributed by atoms with Crippen molar-refractivity contribution in [1.82, 2.24) is 0 Å². The monoisotopic (exact) mass is 300 g/mol. The first-order valence-electron chi connectivity index (χ1n) is 7.90. The van der Waals surface area contributed by atoms with E-state index in [-0.39, 0.29) is 23.7 Å².